The molecule has 1 N–H and O–H groups in total. The number of anilines is 1. The van der Waals surface area contributed by atoms with Crippen LogP contribution in [0.2, 0.25) is 0 Å². The molecular weight excluding hydrogens is 387 g/mol. The molecule has 1 unspecified atom stereocenters. The molecule has 156 valence electrons. The molecule has 0 fully saturated rings. The van der Waals surface area contributed by atoms with Gasteiger partial charge in [-0.1, -0.05) is 38.1 Å². The summed E-state index contributed by atoms with van der Waals surface area (Å²) < 4.78 is 49.2. The summed E-state index contributed by atoms with van der Waals surface area (Å²) in [6.07, 6.45) is -5.92. The summed E-state index contributed by atoms with van der Waals surface area (Å²) in [5.41, 5.74) is -0.279. The molecular formula is C21H22F3NO4. The highest BCUT2D eigenvalue weighted by atomic mass is 19.4. The maximum atomic E-state index is 13.0. The van der Waals surface area contributed by atoms with Crippen LogP contribution in [0, 0.1) is 0 Å². The van der Waals surface area contributed by atoms with Gasteiger partial charge in [0.25, 0.3) is 5.91 Å². The molecule has 29 heavy (non-hydrogen) atoms. The number of rotatable bonds is 7. The molecule has 0 aliphatic carbocycles. The number of hydrogen-bond acceptors (Lipinski definition) is 4. The summed E-state index contributed by atoms with van der Waals surface area (Å²) in [6, 6.07) is 11.7. The van der Waals surface area contributed by atoms with E-state index in [-0.39, 0.29) is 0 Å². The van der Waals surface area contributed by atoms with Crippen LogP contribution in [0.4, 0.5) is 18.9 Å². The fourth-order valence-corrected chi connectivity index (χ4v) is 2.45. The molecule has 5 nitrogen and oxygen atoms in total. The predicted molar refractivity (Wildman–Crippen MR) is 102 cm³/mol. The minimum absolute atomic E-state index is 0.357. The number of esters is 1. The minimum atomic E-state index is -4.62. The first-order valence-electron chi connectivity index (χ1n) is 8.97. The van der Waals surface area contributed by atoms with E-state index in [2.05, 4.69) is 5.32 Å². The summed E-state index contributed by atoms with van der Waals surface area (Å²) in [6.45, 7) is 4.93. The van der Waals surface area contributed by atoms with Gasteiger partial charge in [-0.15, -0.1) is 0 Å². The van der Waals surface area contributed by atoms with Crippen LogP contribution < -0.4 is 10.1 Å². The van der Waals surface area contributed by atoms with Gasteiger partial charge in [0.15, 0.2) is 12.7 Å². The molecule has 0 radical (unpaired) electrons. The smallest absolute Gasteiger partial charge is 0.418 e. The van der Waals surface area contributed by atoms with Crippen LogP contribution in [0.15, 0.2) is 48.5 Å². The quantitative estimate of drug-likeness (QED) is 0.669. The number of hydrogen-bond donors (Lipinski definition) is 1. The van der Waals surface area contributed by atoms with Gasteiger partial charge >= 0.3 is 12.1 Å². The Morgan fingerprint density at radius 1 is 1.00 bits per heavy atom. The summed E-state index contributed by atoms with van der Waals surface area (Å²) >= 11 is 0. The number of para-hydroxylation sites is 1. The van der Waals surface area contributed by atoms with E-state index in [0.717, 1.165) is 17.7 Å². The number of amides is 1. The Bertz CT molecular complexity index is 848. The highest BCUT2D eigenvalue weighted by molar-refractivity contribution is 5.95. The highest BCUT2D eigenvalue weighted by Gasteiger charge is 2.34. The van der Waals surface area contributed by atoms with Gasteiger partial charge in [0.05, 0.1) is 11.3 Å². The third-order valence-corrected chi connectivity index (χ3v) is 4.07. The summed E-state index contributed by atoms with van der Waals surface area (Å²) in [4.78, 5) is 24.0. The molecule has 1 amide bonds. The molecule has 0 aliphatic rings. The maximum Gasteiger partial charge on any atom is 0.418 e. The lowest BCUT2D eigenvalue weighted by Crippen LogP contribution is -2.32. The van der Waals surface area contributed by atoms with Crippen molar-refractivity contribution >= 4 is 17.6 Å². The number of ether oxygens (including phenoxy) is 2. The van der Waals surface area contributed by atoms with Crippen molar-refractivity contribution in [3.63, 3.8) is 0 Å². The van der Waals surface area contributed by atoms with Crippen LogP contribution >= 0.6 is 0 Å². The lowest BCUT2D eigenvalue weighted by Gasteiger charge is -2.17. The number of nitrogens with one attached hydrogen (secondary N) is 1. The number of carbonyl (C=O) groups is 2. The zero-order valence-electron chi connectivity index (χ0n) is 16.2. The monoisotopic (exact) mass is 409 g/mol. The van der Waals surface area contributed by atoms with E-state index in [9.17, 15) is 22.8 Å². The van der Waals surface area contributed by atoms with Gasteiger partial charge in [0.2, 0.25) is 0 Å². The minimum Gasteiger partial charge on any atom is -0.482 e. The molecule has 0 bridgehead atoms. The van der Waals surface area contributed by atoms with Crippen LogP contribution in [0.1, 0.15) is 37.8 Å². The van der Waals surface area contributed by atoms with Crippen molar-refractivity contribution in [1.29, 1.82) is 0 Å². The normalized spacial score (nSPS) is 12.4. The van der Waals surface area contributed by atoms with Gasteiger partial charge < -0.3 is 14.8 Å². The van der Waals surface area contributed by atoms with Gasteiger partial charge in [0, 0.05) is 0 Å². The Labute approximate surface area is 166 Å². The van der Waals surface area contributed by atoms with E-state index in [1.54, 1.807) is 12.1 Å². The Hall–Kier alpha value is -3.03. The fraction of sp³-hybridized carbons (Fsp3) is 0.333. The van der Waals surface area contributed by atoms with Gasteiger partial charge in [-0.05, 0) is 42.7 Å². The van der Waals surface area contributed by atoms with Gasteiger partial charge in [-0.3, -0.25) is 4.79 Å². The Balaban J connectivity index is 1.88. The van der Waals surface area contributed by atoms with E-state index in [0.29, 0.717) is 11.7 Å². The second-order valence-corrected chi connectivity index (χ2v) is 6.68. The zero-order chi connectivity index (χ0) is 21.6. The van der Waals surface area contributed by atoms with Crippen LogP contribution in [0.3, 0.4) is 0 Å². The second-order valence-electron chi connectivity index (χ2n) is 6.68. The molecule has 0 aliphatic heterocycles. The average Bonchev–Trinajstić information content (AvgIpc) is 2.66. The number of benzene rings is 2. The zero-order valence-corrected chi connectivity index (χ0v) is 16.2. The van der Waals surface area contributed by atoms with Gasteiger partial charge in [-0.2, -0.15) is 13.2 Å². The summed E-state index contributed by atoms with van der Waals surface area (Å²) in [5.74, 6) is -0.876. The molecule has 1 atom stereocenters. The first kappa shape index (κ1) is 22.3. The Morgan fingerprint density at radius 3 is 2.21 bits per heavy atom. The number of halogens is 3. The average molecular weight is 409 g/mol. The first-order valence-corrected chi connectivity index (χ1v) is 8.97. The molecule has 2 rings (SSSR count). The van der Waals surface area contributed by atoms with Crippen molar-refractivity contribution in [1.82, 2.24) is 0 Å². The molecule has 0 saturated carbocycles. The largest absolute Gasteiger partial charge is 0.482 e. The third-order valence-electron chi connectivity index (χ3n) is 4.07. The van der Waals surface area contributed by atoms with Crippen molar-refractivity contribution in [3.05, 3.63) is 59.7 Å². The molecule has 2 aromatic carbocycles. The first-order chi connectivity index (χ1) is 13.6. The lowest BCUT2D eigenvalue weighted by molar-refractivity contribution is -0.155. The SMILES string of the molecule is CC(OC(=O)COc1ccc(C(C)C)cc1)C(=O)Nc1ccccc1C(F)(F)F. The van der Waals surface area contributed by atoms with E-state index >= 15 is 0 Å². The van der Waals surface area contributed by atoms with Crippen LogP contribution in [0.25, 0.3) is 0 Å². The highest BCUT2D eigenvalue weighted by Crippen LogP contribution is 2.34. The second kappa shape index (κ2) is 9.45. The van der Waals surface area contributed by atoms with Crippen molar-refractivity contribution < 1.29 is 32.2 Å². The maximum absolute atomic E-state index is 13.0. The van der Waals surface area contributed by atoms with Crippen molar-refractivity contribution in [3.8, 4) is 5.75 Å². The molecule has 8 heteroatoms. The fourth-order valence-electron chi connectivity index (χ4n) is 2.45. The van der Waals surface area contributed by atoms with E-state index in [1.165, 1.54) is 19.1 Å². The number of carbonyl (C=O) groups excluding carboxylic acids is 2. The predicted octanol–water partition coefficient (Wildman–Crippen LogP) is 4.78. The molecule has 2 aromatic rings. The Morgan fingerprint density at radius 2 is 1.62 bits per heavy atom. The van der Waals surface area contributed by atoms with Crippen LogP contribution in [-0.4, -0.2) is 24.6 Å². The standard InChI is InChI=1S/C21H22F3NO4/c1-13(2)15-8-10-16(11-9-15)28-12-19(26)29-14(3)20(27)25-18-7-5-4-6-17(18)21(22,23)24/h4-11,13-14H,12H2,1-3H3,(H,25,27). The molecule has 0 heterocycles. The molecule has 0 spiro atoms. The van der Waals surface area contributed by atoms with Gasteiger partial charge in [0.1, 0.15) is 5.75 Å². The molecule has 0 aromatic heterocycles. The topological polar surface area (TPSA) is 64.6 Å². The van der Waals surface area contributed by atoms with Crippen molar-refractivity contribution in [2.24, 2.45) is 0 Å². The Kier molecular flexibility index (Phi) is 7.25. The van der Waals surface area contributed by atoms with Crippen LogP contribution in [-0.2, 0) is 20.5 Å². The summed E-state index contributed by atoms with van der Waals surface area (Å²) in [7, 11) is 0. The lowest BCUT2D eigenvalue weighted by atomic mass is 10.0. The third kappa shape index (κ3) is 6.51. The van der Waals surface area contributed by atoms with E-state index in [4.69, 9.17) is 9.47 Å². The van der Waals surface area contributed by atoms with Crippen molar-refractivity contribution in [2.75, 3.05) is 11.9 Å². The van der Waals surface area contributed by atoms with Crippen LogP contribution in [0.5, 0.6) is 5.75 Å². The van der Waals surface area contributed by atoms with Gasteiger partial charge in [-0.25, -0.2) is 4.79 Å². The summed E-state index contributed by atoms with van der Waals surface area (Å²) in [5, 5.41) is 2.14. The molecule has 0 saturated heterocycles. The van der Waals surface area contributed by atoms with E-state index in [1.807, 2.05) is 26.0 Å². The van der Waals surface area contributed by atoms with E-state index < -0.39 is 42.0 Å². The van der Waals surface area contributed by atoms with Crippen molar-refractivity contribution in [2.45, 2.75) is 39.0 Å². The number of alkyl halides is 3.